The van der Waals surface area contributed by atoms with Crippen molar-refractivity contribution in [2.24, 2.45) is 4.99 Å². The summed E-state index contributed by atoms with van der Waals surface area (Å²) < 4.78 is 20.1. The second-order valence-electron chi connectivity index (χ2n) is 10.7. The second kappa shape index (κ2) is 14.1. The molecule has 3 aromatic carbocycles. The molecule has 0 bridgehead atoms. The van der Waals surface area contributed by atoms with Crippen LogP contribution < -0.4 is 24.4 Å². The fourth-order valence-electron chi connectivity index (χ4n) is 5.07. The smallest absolute Gasteiger partial charge is 0.338 e. The van der Waals surface area contributed by atoms with Crippen molar-refractivity contribution in [3.63, 3.8) is 0 Å². The third kappa shape index (κ3) is 7.01. The number of carbonyl (C=O) groups is 1. The Bertz CT molecular complexity index is 1980. The van der Waals surface area contributed by atoms with Gasteiger partial charge in [0.1, 0.15) is 6.61 Å². The minimum Gasteiger partial charge on any atom is -0.493 e. The van der Waals surface area contributed by atoms with Crippen LogP contribution >= 0.6 is 57.1 Å². The molecule has 4 aromatic rings. The Kier molecular flexibility index (Phi) is 10.4. The first kappa shape index (κ1) is 33.2. The molecule has 1 aliphatic rings. The molecule has 1 aliphatic heterocycles. The number of hydrogen-bond acceptors (Lipinski definition) is 7. The molecule has 7 nitrogen and oxygen atoms in total. The molecule has 0 saturated carbocycles. The molecule has 1 aromatic heterocycles. The van der Waals surface area contributed by atoms with Crippen molar-refractivity contribution < 1.29 is 19.0 Å². The lowest BCUT2D eigenvalue weighted by molar-refractivity contribution is -0.139. The van der Waals surface area contributed by atoms with Gasteiger partial charge in [-0.2, -0.15) is 0 Å². The maximum absolute atomic E-state index is 14.1. The summed E-state index contributed by atoms with van der Waals surface area (Å²) in [5, 5.41) is 0.931. The lowest BCUT2D eigenvalue weighted by Gasteiger charge is -2.25. The molecule has 0 fully saturated rings. The number of allylic oxidation sites excluding steroid dienone is 1. The van der Waals surface area contributed by atoms with E-state index in [0.717, 1.165) is 25.8 Å². The van der Waals surface area contributed by atoms with E-state index in [1.165, 1.54) is 11.3 Å². The Hall–Kier alpha value is -3.12. The topological polar surface area (TPSA) is 79.1 Å². The highest BCUT2D eigenvalue weighted by molar-refractivity contribution is 14.1. The van der Waals surface area contributed by atoms with Gasteiger partial charge in [0, 0.05) is 0 Å². The monoisotopic (exact) mass is 776 g/mol. The zero-order valence-electron chi connectivity index (χ0n) is 25.3. The van der Waals surface area contributed by atoms with Crippen LogP contribution in [0.4, 0.5) is 0 Å². The molecule has 0 aliphatic carbocycles. The van der Waals surface area contributed by atoms with Gasteiger partial charge in [-0.3, -0.25) is 9.36 Å². The van der Waals surface area contributed by atoms with E-state index in [1.54, 1.807) is 43.7 Å². The van der Waals surface area contributed by atoms with Crippen molar-refractivity contribution in [2.75, 3.05) is 13.7 Å². The summed E-state index contributed by atoms with van der Waals surface area (Å²) >= 11 is 15.7. The van der Waals surface area contributed by atoms with Crippen LogP contribution in [-0.2, 0) is 16.1 Å². The quantitative estimate of drug-likeness (QED) is 0.131. The van der Waals surface area contributed by atoms with E-state index < -0.39 is 12.0 Å². The minimum atomic E-state index is -0.671. The number of fused-ring (bicyclic) bond motifs is 1. The molecule has 234 valence electrons. The first-order chi connectivity index (χ1) is 21.5. The van der Waals surface area contributed by atoms with Gasteiger partial charge in [-0.25, -0.2) is 9.79 Å². The molecule has 45 heavy (non-hydrogen) atoms. The summed E-state index contributed by atoms with van der Waals surface area (Å²) in [4.78, 5) is 32.5. The number of hydrogen-bond donors (Lipinski definition) is 0. The van der Waals surface area contributed by atoms with Crippen molar-refractivity contribution in [2.45, 2.75) is 46.3 Å². The van der Waals surface area contributed by atoms with Gasteiger partial charge in [-0.15, -0.1) is 0 Å². The Morgan fingerprint density at radius 2 is 1.84 bits per heavy atom. The van der Waals surface area contributed by atoms with Crippen LogP contribution in [0.2, 0.25) is 10.0 Å². The number of benzene rings is 3. The fourth-order valence-corrected chi connectivity index (χ4v) is 7.22. The molecule has 1 atom stereocenters. The van der Waals surface area contributed by atoms with E-state index in [9.17, 15) is 9.59 Å². The summed E-state index contributed by atoms with van der Waals surface area (Å²) in [6.07, 6.45) is 1.81. The van der Waals surface area contributed by atoms with Gasteiger partial charge in [0.25, 0.3) is 5.56 Å². The third-order valence-electron chi connectivity index (χ3n) is 7.35. The Balaban J connectivity index is 1.56. The first-order valence-corrected chi connectivity index (χ1v) is 16.9. The lowest BCUT2D eigenvalue weighted by atomic mass is 9.93. The van der Waals surface area contributed by atoms with Gasteiger partial charge in [0.15, 0.2) is 16.3 Å². The Morgan fingerprint density at radius 3 is 2.49 bits per heavy atom. The second-order valence-corrected chi connectivity index (χ2v) is 13.7. The first-order valence-electron chi connectivity index (χ1n) is 14.3. The third-order valence-corrected chi connectivity index (χ3v) is 9.88. The number of ether oxygens (including phenoxy) is 3. The van der Waals surface area contributed by atoms with E-state index in [1.807, 2.05) is 42.5 Å². The molecule has 0 saturated heterocycles. The predicted octanol–water partition coefficient (Wildman–Crippen LogP) is 7.42. The summed E-state index contributed by atoms with van der Waals surface area (Å²) in [6.45, 7) is 8.26. The van der Waals surface area contributed by atoms with Gasteiger partial charge >= 0.3 is 5.97 Å². The maximum atomic E-state index is 14.1. The molecule has 0 unspecified atom stereocenters. The molecule has 11 heteroatoms. The number of esters is 1. The van der Waals surface area contributed by atoms with E-state index in [2.05, 4.69) is 41.4 Å². The number of methoxy groups -OCH3 is 1. The SMILES string of the molecule is CCOC(=O)C1=C(C)N=c2s/c(=C/c3cc(I)c(OCc4ccc(Cl)c(Cl)c4)c(OC)c3)c(=O)n2[C@@H]1c1ccc(C(C)C)cc1. The zero-order chi connectivity index (χ0) is 32.4. The predicted molar refractivity (Wildman–Crippen MR) is 187 cm³/mol. The molecule has 0 N–H and O–H groups in total. The van der Waals surface area contributed by atoms with Crippen LogP contribution in [-0.4, -0.2) is 24.3 Å². The lowest BCUT2D eigenvalue weighted by Crippen LogP contribution is -2.39. The average molecular weight is 778 g/mol. The van der Waals surface area contributed by atoms with Crippen molar-refractivity contribution in [1.29, 1.82) is 0 Å². The molecular weight excluding hydrogens is 746 g/mol. The summed E-state index contributed by atoms with van der Waals surface area (Å²) in [5.74, 6) is 0.948. The molecule has 0 amide bonds. The average Bonchev–Trinajstić information content (AvgIpc) is 3.31. The van der Waals surface area contributed by atoms with Crippen molar-refractivity contribution in [3.8, 4) is 11.5 Å². The van der Waals surface area contributed by atoms with Crippen molar-refractivity contribution in [1.82, 2.24) is 4.57 Å². The molecule has 0 spiro atoms. The van der Waals surface area contributed by atoms with E-state index in [-0.39, 0.29) is 18.8 Å². The van der Waals surface area contributed by atoms with Gasteiger partial charge in [-0.1, -0.05) is 78.7 Å². The number of halogens is 3. The van der Waals surface area contributed by atoms with E-state index in [0.29, 0.717) is 48.1 Å². The summed E-state index contributed by atoms with van der Waals surface area (Å²) in [5.41, 5.74) is 4.22. The van der Waals surface area contributed by atoms with Crippen molar-refractivity contribution >= 4 is 69.2 Å². The largest absolute Gasteiger partial charge is 0.493 e. The Labute approximate surface area is 288 Å². The molecular formula is C34H31Cl2IN2O5S. The van der Waals surface area contributed by atoms with E-state index in [4.69, 9.17) is 37.4 Å². The fraction of sp³-hybridized carbons (Fsp3) is 0.265. The van der Waals surface area contributed by atoms with Crippen LogP contribution in [0.3, 0.4) is 0 Å². The summed E-state index contributed by atoms with van der Waals surface area (Å²) in [6, 6.07) is 16.4. The van der Waals surface area contributed by atoms with E-state index >= 15 is 0 Å². The number of nitrogens with zero attached hydrogens (tertiary/aromatic N) is 2. The van der Waals surface area contributed by atoms with Gasteiger partial charge < -0.3 is 14.2 Å². The normalized spacial score (nSPS) is 14.8. The van der Waals surface area contributed by atoms with Crippen LogP contribution in [0.25, 0.3) is 6.08 Å². The standard InChI is InChI=1S/C34H31Cl2IN2O5S/c1-6-43-33(41)29-19(4)38-34-39(30(29)23-10-8-22(9-11-23)18(2)3)32(40)28(45-34)16-21-14-26(37)31(27(15-21)42-5)44-17-20-7-12-24(35)25(36)13-20/h7-16,18,30H,6,17H2,1-5H3/b28-16+/t30-/m1/s1. The van der Waals surface area contributed by atoms with Crippen molar-refractivity contribution in [3.05, 3.63) is 121 Å². The van der Waals surface area contributed by atoms with Gasteiger partial charge in [0.05, 0.1) is 49.2 Å². The molecule has 0 radical (unpaired) electrons. The highest BCUT2D eigenvalue weighted by Gasteiger charge is 2.33. The minimum absolute atomic E-state index is 0.215. The number of thiazole rings is 1. The highest BCUT2D eigenvalue weighted by Crippen LogP contribution is 2.36. The Morgan fingerprint density at radius 1 is 1.11 bits per heavy atom. The molecule has 2 heterocycles. The molecule has 5 rings (SSSR count). The van der Waals surface area contributed by atoms with Crippen LogP contribution in [0, 0.1) is 3.57 Å². The summed E-state index contributed by atoms with van der Waals surface area (Å²) in [7, 11) is 1.57. The van der Waals surface area contributed by atoms with Crippen LogP contribution in [0.1, 0.15) is 61.9 Å². The van der Waals surface area contributed by atoms with Crippen LogP contribution in [0.5, 0.6) is 11.5 Å². The highest BCUT2D eigenvalue weighted by atomic mass is 127. The van der Waals surface area contributed by atoms with Crippen LogP contribution in [0.15, 0.2) is 75.7 Å². The number of carbonyl (C=O) groups excluding carboxylic acids is 1. The van der Waals surface area contributed by atoms with Gasteiger partial charge in [0.2, 0.25) is 0 Å². The number of aromatic nitrogens is 1. The maximum Gasteiger partial charge on any atom is 0.338 e. The zero-order valence-corrected chi connectivity index (χ0v) is 29.8. The van der Waals surface area contributed by atoms with Gasteiger partial charge in [-0.05, 0) is 95.0 Å². The number of rotatable bonds is 9.